The Hall–Kier alpha value is -2.34. The van der Waals surface area contributed by atoms with Crippen LogP contribution in [0.15, 0.2) is 29.6 Å². The molecule has 0 spiro atoms. The second-order valence-corrected chi connectivity index (χ2v) is 7.40. The van der Waals surface area contributed by atoms with Crippen molar-refractivity contribution in [2.45, 2.75) is 33.4 Å². The van der Waals surface area contributed by atoms with Gasteiger partial charge in [0, 0.05) is 36.6 Å². The number of hydrogen-bond donors (Lipinski definition) is 1. The molecule has 0 aliphatic heterocycles. The predicted octanol–water partition coefficient (Wildman–Crippen LogP) is 4.15. The van der Waals surface area contributed by atoms with Crippen molar-refractivity contribution >= 4 is 27.5 Å². The van der Waals surface area contributed by atoms with E-state index in [4.69, 9.17) is 0 Å². The van der Waals surface area contributed by atoms with Crippen LogP contribution in [0, 0.1) is 13.8 Å². The van der Waals surface area contributed by atoms with Crippen LogP contribution in [0.25, 0.3) is 10.1 Å². The molecule has 0 saturated heterocycles. The number of hydrogen-bond acceptors (Lipinski definition) is 3. The highest BCUT2D eigenvalue weighted by Gasteiger charge is 2.20. The first-order valence-electron chi connectivity index (χ1n) is 8.35. The fourth-order valence-corrected chi connectivity index (χ4v) is 4.22. The van der Waals surface area contributed by atoms with Gasteiger partial charge in [0.15, 0.2) is 0 Å². The maximum absolute atomic E-state index is 12.6. The summed E-state index contributed by atoms with van der Waals surface area (Å²) in [7, 11) is 3.76. The third kappa shape index (κ3) is 3.39. The minimum absolute atomic E-state index is 0.0783. The zero-order valence-electron chi connectivity index (χ0n) is 15.3. The Labute approximate surface area is 152 Å². The normalized spacial score (nSPS) is 12.4. The van der Waals surface area contributed by atoms with E-state index in [1.165, 1.54) is 15.6 Å². The highest BCUT2D eigenvalue weighted by atomic mass is 32.1. The van der Waals surface area contributed by atoms with Crippen LogP contribution in [0.1, 0.15) is 35.5 Å². The van der Waals surface area contributed by atoms with Gasteiger partial charge in [-0.2, -0.15) is 5.10 Å². The van der Waals surface area contributed by atoms with E-state index in [2.05, 4.69) is 27.9 Å². The van der Waals surface area contributed by atoms with Crippen LogP contribution >= 0.6 is 11.3 Å². The first-order chi connectivity index (χ1) is 11.9. The molecule has 0 aliphatic rings. The van der Waals surface area contributed by atoms with E-state index in [9.17, 15) is 4.79 Å². The first-order valence-corrected chi connectivity index (χ1v) is 9.23. The summed E-state index contributed by atoms with van der Waals surface area (Å²) in [6.07, 6.45) is 0. The molecule has 6 heteroatoms. The summed E-state index contributed by atoms with van der Waals surface area (Å²) >= 11 is 1.72. The molecule has 1 N–H and O–H groups in total. The van der Waals surface area contributed by atoms with Crippen LogP contribution in [-0.4, -0.2) is 27.8 Å². The number of benzene rings is 1. The Kier molecular flexibility index (Phi) is 4.81. The molecule has 0 radical (unpaired) electrons. The topological polar surface area (TPSA) is 50.2 Å². The molecular formula is C19H24N4OS. The van der Waals surface area contributed by atoms with Crippen LogP contribution in [0.5, 0.6) is 0 Å². The van der Waals surface area contributed by atoms with Gasteiger partial charge in [-0.15, -0.1) is 11.3 Å². The molecule has 2 heterocycles. The molecule has 5 nitrogen and oxygen atoms in total. The molecule has 0 fully saturated rings. The number of nitrogens with one attached hydrogen (secondary N) is 1. The summed E-state index contributed by atoms with van der Waals surface area (Å²) in [5, 5.41) is 10.9. The summed E-state index contributed by atoms with van der Waals surface area (Å²) in [4.78, 5) is 14.3. The lowest BCUT2D eigenvalue weighted by molar-refractivity contribution is 0.203. The summed E-state index contributed by atoms with van der Waals surface area (Å²) in [5.74, 6) is 0. The molecule has 25 heavy (non-hydrogen) atoms. The Balaban J connectivity index is 1.70. The van der Waals surface area contributed by atoms with Crippen LogP contribution in [0.3, 0.4) is 0 Å². The quantitative estimate of drug-likeness (QED) is 0.763. The van der Waals surface area contributed by atoms with Crippen LogP contribution in [-0.2, 0) is 13.6 Å². The van der Waals surface area contributed by atoms with Gasteiger partial charge < -0.3 is 10.2 Å². The zero-order valence-corrected chi connectivity index (χ0v) is 16.1. The van der Waals surface area contributed by atoms with E-state index in [1.807, 2.05) is 51.7 Å². The smallest absolute Gasteiger partial charge is 0.317 e. The molecule has 3 aromatic rings. The summed E-state index contributed by atoms with van der Waals surface area (Å²) in [6, 6.07) is 8.14. The van der Waals surface area contributed by atoms with Crippen molar-refractivity contribution < 1.29 is 4.79 Å². The van der Waals surface area contributed by atoms with Gasteiger partial charge in [-0.1, -0.05) is 18.2 Å². The standard InChI is InChI=1S/C19H24N4OS/c1-12(18-13(2)21-23(5)14(18)3)20-19(24)22(4)10-15-11-25-17-9-7-6-8-16(15)17/h6-9,11-12H,10H2,1-5H3,(H,20,24). The predicted molar refractivity (Wildman–Crippen MR) is 103 cm³/mol. The number of carbonyl (C=O) groups excluding carboxylic acids is 1. The molecule has 0 bridgehead atoms. The average Bonchev–Trinajstić information content (AvgIpc) is 3.08. The van der Waals surface area contributed by atoms with Crippen molar-refractivity contribution in [3.05, 3.63) is 52.2 Å². The van der Waals surface area contributed by atoms with Crippen molar-refractivity contribution in [2.75, 3.05) is 7.05 Å². The van der Waals surface area contributed by atoms with E-state index in [0.29, 0.717) is 6.54 Å². The number of aromatic nitrogens is 2. The maximum atomic E-state index is 12.6. The van der Waals surface area contributed by atoms with Gasteiger partial charge in [0.25, 0.3) is 0 Å². The highest BCUT2D eigenvalue weighted by molar-refractivity contribution is 7.17. The lowest BCUT2D eigenvalue weighted by Crippen LogP contribution is -2.38. The average molecular weight is 356 g/mol. The second kappa shape index (κ2) is 6.88. The van der Waals surface area contributed by atoms with Gasteiger partial charge in [0.1, 0.15) is 0 Å². The Morgan fingerprint density at radius 3 is 2.76 bits per heavy atom. The minimum Gasteiger partial charge on any atom is -0.331 e. The molecule has 1 aromatic carbocycles. The Morgan fingerprint density at radius 2 is 2.08 bits per heavy atom. The molecule has 0 aliphatic carbocycles. The van der Waals surface area contributed by atoms with E-state index in [1.54, 1.807) is 16.2 Å². The van der Waals surface area contributed by atoms with Crippen LogP contribution < -0.4 is 5.32 Å². The summed E-state index contributed by atoms with van der Waals surface area (Å²) < 4.78 is 3.11. The lowest BCUT2D eigenvalue weighted by atomic mass is 10.1. The fraction of sp³-hybridized carbons (Fsp3) is 0.368. The minimum atomic E-state index is -0.0807. The third-order valence-corrected chi connectivity index (χ3v) is 5.67. The molecule has 132 valence electrons. The number of fused-ring (bicyclic) bond motifs is 1. The molecule has 0 saturated carbocycles. The van der Waals surface area contributed by atoms with Crippen molar-refractivity contribution in [2.24, 2.45) is 7.05 Å². The van der Waals surface area contributed by atoms with Gasteiger partial charge in [-0.25, -0.2) is 4.79 Å². The van der Waals surface area contributed by atoms with Crippen molar-refractivity contribution in [3.8, 4) is 0 Å². The zero-order chi connectivity index (χ0) is 18.1. The Morgan fingerprint density at radius 1 is 1.36 bits per heavy atom. The molecule has 2 aromatic heterocycles. The van der Waals surface area contributed by atoms with Crippen molar-refractivity contribution in [1.29, 1.82) is 0 Å². The molecule has 2 amide bonds. The largest absolute Gasteiger partial charge is 0.331 e. The summed E-state index contributed by atoms with van der Waals surface area (Å²) in [5.41, 5.74) is 4.31. The van der Waals surface area contributed by atoms with E-state index >= 15 is 0 Å². The lowest BCUT2D eigenvalue weighted by Gasteiger charge is -2.21. The fourth-order valence-electron chi connectivity index (χ4n) is 3.27. The molecule has 3 rings (SSSR count). The maximum Gasteiger partial charge on any atom is 0.317 e. The SMILES string of the molecule is Cc1nn(C)c(C)c1C(C)NC(=O)N(C)Cc1csc2ccccc12. The van der Waals surface area contributed by atoms with Gasteiger partial charge in [-0.05, 0) is 43.2 Å². The third-order valence-electron chi connectivity index (χ3n) is 4.65. The molecule has 1 atom stereocenters. The molecular weight excluding hydrogens is 332 g/mol. The second-order valence-electron chi connectivity index (χ2n) is 6.49. The number of thiophene rings is 1. The number of rotatable bonds is 4. The van der Waals surface area contributed by atoms with Crippen molar-refractivity contribution in [3.63, 3.8) is 0 Å². The van der Waals surface area contributed by atoms with Gasteiger partial charge >= 0.3 is 6.03 Å². The van der Waals surface area contributed by atoms with Crippen LogP contribution in [0.2, 0.25) is 0 Å². The monoisotopic (exact) mass is 356 g/mol. The van der Waals surface area contributed by atoms with Crippen molar-refractivity contribution in [1.82, 2.24) is 20.0 Å². The van der Waals surface area contributed by atoms with E-state index in [-0.39, 0.29) is 12.1 Å². The number of aryl methyl sites for hydroxylation is 2. The van der Waals surface area contributed by atoms with Gasteiger partial charge in [0.05, 0.1) is 11.7 Å². The number of carbonyl (C=O) groups is 1. The molecule has 1 unspecified atom stereocenters. The Bertz CT molecular complexity index is 911. The number of nitrogens with zero attached hydrogens (tertiary/aromatic N) is 3. The number of amides is 2. The van der Waals surface area contributed by atoms with Gasteiger partial charge in [-0.3, -0.25) is 4.68 Å². The van der Waals surface area contributed by atoms with E-state index in [0.717, 1.165) is 17.0 Å². The first kappa shape index (κ1) is 17.5. The van der Waals surface area contributed by atoms with Crippen LogP contribution in [0.4, 0.5) is 4.79 Å². The number of urea groups is 1. The van der Waals surface area contributed by atoms with E-state index < -0.39 is 0 Å². The van der Waals surface area contributed by atoms with Gasteiger partial charge in [0.2, 0.25) is 0 Å². The highest BCUT2D eigenvalue weighted by Crippen LogP contribution is 2.26. The summed E-state index contributed by atoms with van der Waals surface area (Å²) in [6.45, 7) is 6.60.